The maximum Gasteiger partial charge on any atom is -0.0323 e. The van der Waals surface area contributed by atoms with Gasteiger partial charge in [-0.2, -0.15) is 0 Å². The number of hydrogen-bond donors (Lipinski definition) is 0. The second-order valence-electron chi connectivity index (χ2n) is 8.07. The number of fused-ring (bicyclic) bond motifs is 3. The Bertz CT molecular complexity index is 278. The molecule has 5 atom stereocenters. The molecule has 0 bridgehead atoms. The van der Waals surface area contributed by atoms with Crippen molar-refractivity contribution in [3.05, 3.63) is 0 Å². The van der Waals surface area contributed by atoms with Gasteiger partial charge in [-0.05, 0) is 73.5 Å². The predicted octanol–water partition coefficient (Wildman–Crippen LogP) is 5.28. The molecule has 98 valence electrons. The van der Waals surface area contributed by atoms with E-state index in [-0.39, 0.29) is 0 Å². The quantitative estimate of drug-likeness (QED) is 0.535. The standard InChI is InChI=1S/C17H30/c1-12-6-8-14-13(11-12)7-9-16-15(14)5-4-10-17(16,2)3/h12-16H,4-11H2,1-3H3. The number of hydrogen-bond acceptors (Lipinski definition) is 0. The first-order valence-corrected chi connectivity index (χ1v) is 8.08. The minimum atomic E-state index is 0.650. The van der Waals surface area contributed by atoms with Gasteiger partial charge in [0.1, 0.15) is 0 Å². The van der Waals surface area contributed by atoms with Crippen LogP contribution in [-0.4, -0.2) is 0 Å². The van der Waals surface area contributed by atoms with Crippen LogP contribution in [0.25, 0.3) is 0 Å². The molecule has 0 aliphatic heterocycles. The fourth-order valence-electron chi connectivity index (χ4n) is 5.69. The van der Waals surface area contributed by atoms with E-state index in [4.69, 9.17) is 0 Å². The van der Waals surface area contributed by atoms with Crippen molar-refractivity contribution in [2.24, 2.45) is 35.0 Å². The first-order valence-electron chi connectivity index (χ1n) is 8.08. The van der Waals surface area contributed by atoms with E-state index in [0.717, 1.165) is 29.6 Å². The van der Waals surface area contributed by atoms with Crippen LogP contribution in [0, 0.1) is 35.0 Å². The van der Waals surface area contributed by atoms with Gasteiger partial charge in [0, 0.05) is 0 Å². The van der Waals surface area contributed by atoms with E-state index in [1.54, 1.807) is 32.1 Å². The molecule has 3 saturated carbocycles. The van der Waals surface area contributed by atoms with Crippen LogP contribution in [0.1, 0.15) is 72.1 Å². The molecule has 3 fully saturated rings. The summed E-state index contributed by atoms with van der Waals surface area (Å²) in [7, 11) is 0. The summed E-state index contributed by atoms with van der Waals surface area (Å²) in [6.45, 7) is 7.58. The highest BCUT2D eigenvalue weighted by Crippen LogP contribution is 2.57. The Morgan fingerprint density at radius 2 is 1.71 bits per heavy atom. The summed E-state index contributed by atoms with van der Waals surface area (Å²) >= 11 is 0. The van der Waals surface area contributed by atoms with Crippen molar-refractivity contribution in [3.63, 3.8) is 0 Å². The Balaban J connectivity index is 1.78. The van der Waals surface area contributed by atoms with Crippen LogP contribution in [0.5, 0.6) is 0 Å². The van der Waals surface area contributed by atoms with E-state index >= 15 is 0 Å². The molecule has 0 N–H and O–H groups in total. The molecule has 5 unspecified atom stereocenters. The average molecular weight is 234 g/mol. The summed E-state index contributed by atoms with van der Waals surface area (Å²) in [4.78, 5) is 0. The molecule has 0 nitrogen and oxygen atoms in total. The van der Waals surface area contributed by atoms with Gasteiger partial charge < -0.3 is 0 Å². The Labute approximate surface area is 108 Å². The molecule has 3 rings (SSSR count). The summed E-state index contributed by atoms with van der Waals surface area (Å²) < 4.78 is 0. The van der Waals surface area contributed by atoms with Crippen LogP contribution in [0.3, 0.4) is 0 Å². The normalized spacial score (nSPS) is 49.2. The van der Waals surface area contributed by atoms with Crippen LogP contribution >= 0.6 is 0 Å². The van der Waals surface area contributed by atoms with Crippen molar-refractivity contribution in [3.8, 4) is 0 Å². The molecule has 0 heterocycles. The highest BCUT2D eigenvalue weighted by atomic mass is 14.5. The third kappa shape index (κ3) is 2.06. The van der Waals surface area contributed by atoms with Gasteiger partial charge in [0.15, 0.2) is 0 Å². The largest absolute Gasteiger partial charge is 0.0625 e. The molecular formula is C17H30. The van der Waals surface area contributed by atoms with Crippen molar-refractivity contribution < 1.29 is 0 Å². The second-order valence-corrected chi connectivity index (χ2v) is 8.07. The third-order valence-electron chi connectivity index (χ3n) is 6.58. The summed E-state index contributed by atoms with van der Waals surface area (Å²) in [6.07, 6.45) is 12.3. The third-order valence-corrected chi connectivity index (χ3v) is 6.58. The lowest BCUT2D eigenvalue weighted by atomic mass is 9.51. The lowest BCUT2D eigenvalue weighted by Crippen LogP contribution is -2.45. The Hall–Kier alpha value is 0. The maximum atomic E-state index is 2.55. The van der Waals surface area contributed by atoms with Crippen LogP contribution in [0.15, 0.2) is 0 Å². The molecular weight excluding hydrogens is 204 g/mol. The van der Waals surface area contributed by atoms with Crippen molar-refractivity contribution in [1.29, 1.82) is 0 Å². The lowest BCUT2D eigenvalue weighted by molar-refractivity contribution is -0.0454. The summed E-state index contributed by atoms with van der Waals surface area (Å²) in [6, 6.07) is 0. The van der Waals surface area contributed by atoms with Gasteiger partial charge in [0.05, 0.1) is 0 Å². The summed E-state index contributed by atoms with van der Waals surface area (Å²) in [5, 5.41) is 0. The molecule has 17 heavy (non-hydrogen) atoms. The Kier molecular flexibility index (Phi) is 3.04. The fraction of sp³-hybridized carbons (Fsp3) is 1.00. The van der Waals surface area contributed by atoms with E-state index < -0.39 is 0 Å². The van der Waals surface area contributed by atoms with Crippen molar-refractivity contribution in [2.75, 3.05) is 0 Å². The SMILES string of the molecule is CC1CCC2C(CCC3C2CCCC3(C)C)C1. The average Bonchev–Trinajstić information content (AvgIpc) is 2.27. The minimum absolute atomic E-state index is 0.650. The van der Waals surface area contributed by atoms with Gasteiger partial charge in [-0.1, -0.05) is 33.6 Å². The smallest absolute Gasteiger partial charge is 0.0323 e. The lowest BCUT2D eigenvalue weighted by Gasteiger charge is -2.54. The topological polar surface area (TPSA) is 0 Å². The van der Waals surface area contributed by atoms with Crippen molar-refractivity contribution in [1.82, 2.24) is 0 Å². The molecule has 0 radical (unpaired) electrons. The molecule has 3 aliphatic carbocycles. The van der Waals surface area contributed by atoms with Gasteiger partial charge in [-0.15, -0.1) is 0 Å². The summed E-state index contributed by atoms with van der Waals surface area (Å²) in [5.41, 5.74) is 0.650. The molecule has 0 aromatic carbocycles. The van der Waals surface area contributed by atoms with Gasteiger partial charge in [0.25, 0.3) is 0 Å². The molecule has 0 aromatic heterocycles. The van der Waals surface area contributed by atoms with Crippen LogP contribution in [0.4, 0.5) is 0 Å². The molecule has 0 amide bonds. The monoisotopic (exact) mass is 234 g/mol. The van der Waals surface area contributed by atoms with Crippen molar-refractivity contribution in [2.45, 2.75) is 72.1 Å². The van der Waals surface area contributed by atoms with Gasteiger partial charge in [-0.3, -0.25) is 0 Å². The summed E-state index contributed by atoms with van der Waals surface area (Å²) in [5.74, 6) is 5.40. The Morgan fingerprint density at radius 1 is 0.882 bits per heavy atom. The first kappa shape index (κ1) is 12.1. The van der Waals surface area contributed by atoms with E-state index in [1.165, 1.54) is 19.3 Å². The first-order chi connectivity index (χ1) is 8.08. The predicted molar refractivity (Wildman–Crippen MR) is 73.8 cm³/mol. The zero-order valence-electron chi connectivity index (χ0n) is 12.0. The minimum Gasteiger partial charge on any atom is -0.0625 e. The molecule has 0 spiro atoms. The highest BCUT2D eigenvalue weighted by Gasteiger charge is 2.47. The fourth-order valence-corrected chi connectivity index (χ4v) is 5.69. The molecule has 0 aromatic rings. The van der Waals surface area contributed by atoms with Crippen LogP contribution in [0.2, 0.25) is 0 Å². The molecule has 0 saturated heterocycles. The van der Waals surface area contributed by atoms with Crippen LogP contribution < -0.4 is 0 Å². The van der Waals surface area contributed by atoms with Gasteiger partial charge in [0.2, 0.25) is 0 Å². The van der Waals surface area contributed by atoms with Crippen molar-refractivity contribution >= 4 is 0 Å². The second kappa shape index (κ2) is 4.28. The zero-order valence-corrected chi connectivity index (χ0v) is 12.0. The zero-order chi connectivity index (χ0) is 12.0. The van der Waals surface area contributed by atoms with Gasteiger partial charge >= 0.3 is 0 Å². The maximum absolute atomic E-state index is 2.55. The Morgan fingerprint density at radius 3 is 2.53 bits per heavy atom. The van der Waals surface area contributed by atoms with E-state index in [2.05, 4.69) is 20.8 Å². The number of rotatable bonds is 0. The van der Waals surface area contributed by atoms with E-state index in [0.29, 0.717) is 5.41 Å². The highest BCUT2D eigenvalue weighted by molar-refractivity contribution is 4.97. The molecule has 3 aliphatic rings. The molecule has 0 heteroatoms. The van der Waals surface area contributed by atoms with E-state index in [1.807, 2.05) is 0 Å². The van der Waals surface area contributed by atoms with Gasteiger partial charge in [-0.25, -0.2) is 0 Å². The van der Waals surface area contributed by atoms with E-state index in [9.17, 15) is 0 Å². The van der Waals surface area contributed by atoms with Crippen LogP contribution in [-0.2, 0) is 0 Å².